The fraction of sp³-hybridized carbons (Fsp3) is 0.333. The van der Waals surface area contributed by atoms with Gasteiger partial charge in [0.25, 0.3) is 0 Å². The van der Waals surface area contributed by atoms with Gasteiger partial charge in [-0.05, 0) is 31.2 Å². The van der Waals surface area contributed by atoms with Crippen LogP contribution in [0.5, 0.6) is 5.75 Å². The van der Waals surface area contributed by atoms with Gasteiger partial charge in [0.2, 0.25) is 5.95 Å². The molecule has 0 unspecified atom stereocenters. The normalized spacial score (nSPS) is 17.0. The molecule has 4 N–H and O–H groups in total. The fourth-order valence-corrected chi connectivity index (χ4v) is 3.39. The summed E-state index contributed by atoms with van der Waals surface area (Å²) in [6.07, 6.45) is 1.69. The van der Waals surface area contributed by atoms with Crippen LogP contribution < -0.4 is 20.7 Å². The second-order valence-corrected chi connectivity index (χ2v) is 6.68. The number of anilines is 3. The minimum Gasteiger partial charge on any atom is -0.497 e. The molecule has 1 saturated heterocycles. The van der Waals surface area contributed by atoms with Crippen LogP contribution in [-0.4, -0.2) is 63.9 Å². The molecule has 3 heterocycles. The Bertz CT molecular complexity index is 987. The number of rotatable bonds is 3. The lowest BCUT2D eigenvalue weighted by Gasteiger charge is -2.40. The number of carbonyl (C=O) groups is 1. The number of piperazine rings is 1. The van der Waals surface area contributed by atoms with Gasteiger partial charge >= 0.3 is 6.03 Å². The zero-order valence-electron chi connectivity index (χ0n) is 15.7. The first-order valence-corrected chi connectivity index (χ1v) is 8.98. The molecule has 0 radical (unpaired) electrons. The lowest BCUT2D eigenvalue weighted by Crippen LogP contribution is -2.55. The number of nitrogen functional groups attached to an aromatic ring is 1. The van der Waals surface area contributed by atoms with Gasteiger partial charge in [-0.15, -0.1) is 0 Å². The lowest BCUT2D eigenvalue weighted by molar-refractivity contribution is 0.200. The van der Waals surface area contributed by atoms with Crippen LogP contribution in [0.15, 0.2) is 30.5 Å². The summed E-state index contributed by atoms with van der Waals surface area (Å²) in [5, 5.41) is 10.6. The van der Waals surface area contributed by atoms with Gasteiger partial charge in [-0.3, -0.25) is 5.10 Å². The number of aromatic amines is 1. The number of nitrogens with one attached hydrogen (secondary N) is 2. The molecule has 0 spiro atoms. The predicted molar refractivity (Wildman–Crippen MR) is 106 cm³/mol. The number of hydrogen-bond donors (Lipinski definition) is 3. The third-order valence-corrected chi connectivity index (χ3v) is 4.83. The van der Waals surface area contributed by atoms with E-state index in [1.165, 1.54) is 0 Å². The maximum atomic E-state index is 12.6. The number of benzene rings is 1. The zero-order chi connectivity index (χ0) is 19.7. The number of H-pyrrole nitrogens is 1. The SMILES string of the molecule is COc1ccc(NC(=O)N2CCN(c3nc(N)nc4[nH]ncc34)[C@@H](C)C2)cc1. The van der Waals surface area contributed by atoms with Gasteiger partial charge < -0.3 is 25.6 Å². The Morgan fingerprint density at radius 2 is 2.07 bits per heavy atom. The molecular weight excluding hydrogens is 360 g/mol. The van der Waals surface area contributed by atoms with E-state index in [9.17, 15) is 4.79 Å². The molecule has 1 atom stereocenters. The minimum absolute atomic E-state index is 0.0581. The maximum absolute atomic E-state index is 12.6. The smallest absolute Gasteiger partial charge is 0.321 e. The Morgan fingerprint density at radius 3 is 2.79 bits per heavy atom. The van der Waals surface area contributed by atoms with E-state index < -0.39 is 0 Å². The molecule has 1 aromatic carbocycles. The number of amides is 2. The average Bonchev–Trinajstić information content (AvgIpc) is 3.16. The summed E-state index contributed by atoms with van der Waals surface area (Å²) in [4.78, 5) is 25.1. The van der Waals surface area contributed by atoms with Gasteiger partial charge in [-0.25, -0.2) is 4.79 Å². The van der Waals surface area contributed by atoms with E-state index in [-0.39, 0.29) is 18.0 Å². The maximum Gasteiger partial charge on any atom is 0.321 e. The van der Waals surface area contributed by atoms with E-state index in [0.717, 1.165) is 22.6 Å². The van der Waals surface area contributed by atoms with Crippen LogP contribution in [0.3, 0.4) is 0 Å². The van der Waals surface area contributed by atoms with E-state index in [4.69, 9.17) is 10.5 Å². The third kappa shape index (κ3) is 3.36. The van der Waals surface area contributed by atoms with E-state index in [1.807, 2.05) is 24.3 Å². The topological polar surface area (TPSA) is 125 Å². The predicted octanol–water partition coefficient (Wildman–Crippen LogP) is 1.69. The number of methoxy groups -OCH3 is 1. The van der Waals surface area contributed by atoms with Crippen molar-refractivity contribution >= 4 is 34.5 Å². The van der Waals surface area contributed by atoms with Crippen LogP contribution in [0.25, 0.3) is 11.0 Å². The van der Waals surface area contributed by atoms with Crippen molar-refractivity contribution in [3.63, 3.8) is 0 Å². The van der Waals surface area contributed by atoms with Crippen molar-refractivity contribution < 1.29 is 9.53 Å². The van der Waals surface area contributed by atoms with E-state index in [1.54, 1.807) is 18.2 Å². The average molecular weight is 382 g/mol. The molecule has 1 fully saturated rings. The number of aromatic nitrogens is 4. The second-order valence-electron chi connectivity index (χ2n) is 6.68. The molecule has 3 aromatic rings. The zero-order valence-corrected chi connectivity index (χ0v) is 15.7. The van der Waals surface area contributed by atoms with Gasteiger partial charge in [-0.1, -0.05) is 0 Å². The highest BCUT2D eigenvalue weighted by molar-refractivity contribution is 5.90. The van der Waals surface area contributed by atoms with E-state index in [0.29, 0.717) is 25.3 Å². The molecule has 4 rings (SSSR count). The van der Waals surface area contributed by atoms with Crippen LogP contribution in [0.2, 0.25) is 0 Å². The first-order chi connectivity index (χ1) is 13.5. The number of ether oxygens (including phenoxy) is 1. The van der Waals surface area contributed by atoms with Crippen molar-refractivity contribution in [1.82, 2.24) is 25.1 Å². The molecule has 10 heteroatoms. The molecule has 1 aliphatic rings. The van der Waals surface area contributed by atoms with E-state index in [2.05, 4.69) is 37.3 Å². The summed E-state index contributed by atoms with van der Waals surface area (Å²) in [5.74, 6) is 1.67. The molecule has 0 saturated carbocycles. The number of nitrogens with zero attached hydrogens (tertiary/aromatic N) is 5. The molecule has 0 aliphatic carbocycles. The lowest BCUT2D eigenvalue weighted by atomic mass is 10.2. The van der Waals surface area contributed by atoms with Gasteiger partial charge in [0, 0.05) is 31.4 Å². The van der Waals surface area contributed by atoms with Crippen LogP contribution in [0.4, 0.5) is 22.2 Å². The highest BCUT2D eigenvalue weighted by Crippen LogP contribution is 2.27. The molecule has 146 valence electrons. The van der Waals surface area contributed by atoms with Gasteiger partial charge in [-0.2, -0.15) is 15.1 Å². The Labute approximate surface area is 161 Å². The summed E-state index contributed by atoms with van der Waals surface area (Å²) < 4.78 is 5.14. The summed E-state index contributed by atoms with van der Waals surface area (Å²) in [6.45, 7) is 3.81. The fourth-order valence-electron chi connectivity index (χ4n) is 3.39. The van der Waals surface area contributed by atoms with Gasteiger partial charge in [0.05, 0.1) is 18.7 Å². The Kier molecular flexibility index (Phi) is 4.60. The summed E-state index contributed by atoms with van der Waals surface area (Å²) in [7, 11) is 1.61. The van der Waals surface area contributed by atoms with Gasteiger partial charge in [0.15, 0.2) is 5.65 Å². The van der Waals surface area contributed by atoms with Crippen LogP contribution >= 0.6 is 0 Å². The molecule has 10 nitrogen and oxygen atoms in total. The number of nitrogens with two attached hydrogens (primary N) is 1. The summed E-state index contributed by atoms with van der Waals surface area (Å²) >= 11 is 0. The minimum atomic E-state index is -0.132. The number of carbonyl (C=O) groups excluding carboxylic acids is 1. The highest BCUT2D eigenvalue weighted by atomic mass is 16.5. The number of urea groups is 1. The quantitative estimate of drug-likeness (QED) is 0.629. The van der Waals surface area contributed by atoms with Crippen LogP contribution in [0, 0.1) is 0 Å². The molecule has 28 heavy (non-hydrogen) atoms. The van der Waals surface area contributed by atoms with Crippen LogP contribution in [0.1, 0.15) is 6.92 Å². The highest BCUT2D eigenvalue weighted by Gasteiger charge is 2.29. The van der Waals surface area contributed by atoms with Crippen LogP contribution in [-0.2, 0) is 0 Å². The molecule has 2 amide bonds. The Morgan fingerprint density at radius 1 is 1.29 bits per heavy atom. The molecule has 0 bridgehead atoms. The first kappa shape index (κ1) is 17.8. The van der Waals surface area contributed by atoms with Gasteiger partial charge in [0.1, 0.15) is 11.6 Å². The monoisotopic (exact) mass is 382 g/mol. The van der Waals surface area contributed by atoms with Crippen molar-refractivity contribution in [3.05, 3.63) is 30.5 Å². The number of fused-ring (bicyclic) bond motifs is 1. The molecule has 1 aliphatic heterocycles. The van der Waals surface area contributed by atoms with Crippen molar-refractivity contribution in [2.45, 2.75) is 13.0 Å². The largest absolute Gasteiger partial charge is 0.497 e. The van der Waals surface area contributed by atoms with E-state index >= 15 is 0 Å². The number of hydrogen-bond acceptors (Lipinski definition) is 7. The van der Waals surface area contributed by atoms with Crippen molar-refractivity contribution in [2.24, 2.45) is 0 Å². The Hall–Kier alpha value is -3.56. The molecular formula is C18H22N8O2. The third-order valence-electron chi connectivity index (χ3n) is 4.83. The summed E-state index contributed by atoms with van der Waals surface area (Å²) in [5.41, 5.74) is 7.17. The summed E-state index contributed by atoms with van der Waals surface area (Å²) in [6, 6.07) is 7.18. The molecule has 2 aromatic heterocycles. The van der Waals surface area contributed by atoms with Crippen molar-refractivity contribution in [3.8, 4) is 5.75 Å². The second kappa shape index (κ2) is 7.22. The Balaban J connectivity index is 1.45. The standard InChI is InChI=1S/C18H22N8O2/c1-11-10-25(18(27)21-12-3-5-13(28-2)6-4-12)7-8-26(11)16-14-9-20-24-15(14)22-17(19)23-16/h3-6,9,11H,7-8,10H2,1-2H3,(H,21,27)(H3,19,20,22,23,24)/t11-/m0/s1. The first-order valence-electron chi connectivity index (χ1n) is 8.98. The van der Waals surface area contributed by atoms with Crippen molar-refractivity contribution in [1.29, 1.82) is 0 Å². The van der Waals surface area contributed by atoms with Crippen molar-refractivity contribution in [2.75, 3.05) is 42.7 Å².